The van der Waals surface area contributed by atoms with Crippen LogP contribution in [0, 0.1) is 0 Å². The summed E-state index contributed by atoms with van der Waals surface area (Å²) in [5.41, 5.74) is 0.517. The highest BCUT2D eigenvalue weighted by Gasteiger charge is 1.98. The molecule has 0 spiro atoms. The smallest absolute Gasteiger partial charge is 0.239 e. The Morgan fingerprint density at radius 1 is 1.45 bits per heavy atom. The topological polar surface area (TPSA) is 46.2 Å². The van der Waals surface area contributed by atoms with Gasteiger partial charge in [0.1, 0.15) is 5.88 Å². The van der Waals surface area contributed by atoms with Gasteiger partial charge in [0.15, 0.2) is 5.78 Å². The van der Waals surface area contributed by atoms with Gasteiger partial charge in [0.2, 0.25) is 5.91 Å². The highest BCUT2D eigenvalue weighted by Crippen LogP contribution is 1.87. The lowest BCUT2D eigenvalue weighted by molar-refractivity contribution is -0.117. The number of rotatable bonds is 3. The third-order valence-corrected chi connectivity index (χ3v) is 1.12. The molecule has 0 heterocycles. The predicted octanol–water partition coefficient (Wildman–Crippen LogP) is 0.834. The number of halogens is 1. The van der Waals surface area contributed by atoms with Gasteiger partial charge in [0.25, 0.3) is 0 Å². The summed E-state index contributed by atoms with van der Waals surface area (Å²) in [4.78, 5) is 21.1. The molecule has 3 nitrogen and oxygen atoms in total. The second kappa shape index (κ2) is 4.91. The number of nitrogens with one attached hydrogen (secondary N) is 1. The van der Waals surface area contributed by atoms with E-state index in [1.165, 1.54) is 13.0 Å². The lowest BCUT2D eigenvalue weighted by Gasteiger charge is -1.99. The molecule has 0 aromatic carbocycles. The van der Waals surface area contributed by atoms with Crippen LogP contribution in [0.3, 0.4) is 0 Å². The molecule has 0 rings (SSSR count). The number of alkyl halides is 1. The quantitative estimate of drug-likeness (QED) is 0.510. The van der Waals surface area contributed by atoms with Gasteiger partial charge in [-0.3, -0.25) is 9.59 Å². The molecule has 0 aliphatic rings. The van der Waals surface area contributed by atoms with Gasteiger partial charge < -0.3 is 5.32 Å². The molecule has 4 heteroatoms. The molecule has 1 N–H and O–H groups in total. The maximum atomic E-state index is 10.6. The summed E-state index contributed by atoms with van der Waals surface area (Å²) in [6, 6.07) is 0. The average Bonchev–Trinajstić information content (AvgIpc) is 1.85. The SMILES string of the molecule is CC(=O)/C=C(\C)NC(=O)CCl. The van der Waals surface area contributed by atoms with E-state index in [1.807, 2.05) is 0 Å². The van der Waals surface area contributed by atoms with Gasteiger partial charge in [-0.1, -0.05) is 0 Å². The fourth-order valence-electron chi connectivity index (χ4n) is 0.594. The summed E-state index contributed by atoms with van der Waals surface area (Å²) < 4.78 is 0. The molecule has 62 valence electrons. The summed E-state index contributed by atoms with van der Waals surface area (Å²) in [5.74, 6) is -0.498. The van der Waals surface area contributed by atoms with E-state index in [0.29, 0.717) is 5.70 Å². The fraction of sp³-hybridized carbons (Fsp3) is 0.429. The number of carbonyl (C=O) groups is 2. The molecule has 0 unspecified atom stereocenters. The van der Waals surface area contributed by atoms with Gasteiger partial charge in [-0.15, -0.1) is 11.6 Å². The highest BCUT2D eigenvalue weighted by atomic mass is 35.5. The van der Waals surface area contributed by atoms with Gasteiger partial charge in [-0.25, -0.2) is 0 Å². The number of ketones is 1. The van der Waals surface area contributed by atoms with Crippen molar-refractivity contribution in [2.45, 2.75) is 13.8 Å². The Bertz CT molecular complexity index is 199. The van der Waals surface area contributed by atoms with E-state index in [0.717, 1.165) is 0 Å². The molecule has 11 heavy (non-hydrogen) atoms. The number of hydrogen-bond donors (Lipinski definition) is 1. The molecule has 0 aliphatic carbocycles. The Balaban J connectivity index is 3.96. The lowest BCUT2D eigenvalue weighted by Crippen LogP contribution is -2.22. The van der Waals surface area contributed by atoms with Gasteiger partial charge in [0.05, 0.1) is 0 Å². The molecule has 0 aromatic heterocycles. The first-order valence-electron chi connectivity index (χ1n) is 3.11. The summed E-state index contributed by atoms with van der Waals surface area (Å²) >= 11 is 5.21. The Morgan fingerprint density at radius 3 is 2.36 bits per heavy atom. The number of carbonyl (C=O) groups excluding carboxylic acids is 2. The van der Waals surface area contributed by atoms with E-state index >= 15 is 0 Å². The van der Waals surface area contributed by atoms with Gasteiger partial charge in [-0.05, 0) is 19.9 Å². The van der Waals surface area contributed by atoms with Crippen LogP contribution < -0.4 is 5.32 Å². The molecule has 0 aliphatic heterocycles. The van der Waals surface area contributed by atoms with E-state index in [-0.39, 0.29) is 17.6 Å². The summed E-state index contributed by atoms with van der Waals surface area (Å²) in [6.07, 6.45) is 1.34. The normalized spacial score (nSPS) is 11.0. The third-order valence-electron chi connectivity index (χ3n) is 0.878. The minimum Gasteiger partial charge on any atom is -0.329 e. The van der Waals surface area contributed by atoms with E-state index in [4.69, 9.17) is 11.6 Å². The van der Waals surface area contributed by atoms with Crippen LogP contribution in [0.4, 0.5) is 0 Å². The van der Waals surface area contributed by atoms with Crippen LogP contribution in [-0.4, -0.2) is 17.6 Å². The maximum Gasteiger partial charge on any atom is 0.239 e. The molecule has 0 saturated carbocycles. The molecule has 0 radical (unpaired) electrons. The van der Waals surface area contributed by atoms with Crippen molar-refractivity contribution in [3.05, 3.63) is 11.8 Å². The summed E-state index contributed by atoms with van der Waals surface area (Å²) in [6.45, 7) is 3.04. The van der Waals surface area contributed by atoms with Crippen molar-refractivity contribution in [3.8, 4) is 0 Å². The van der Waals surface area contributed by atoms with Crippen molar-refractivity contribution in [1.29, 1.82) is 0 Å². The van der Waals surface area contributed by atoms with Crippen LogP contribution in [0.5, 0.6) is 0 Å². The first-order valence-corrected chi connectivity index (χ1v) is 3.64. The van der Waals surface area contributed by atoms with Gasteiger partial charge in [0, 0.05) is 5.70 Å². The van der Waals surface area contributed by atoms with Gasteiger partial charge >= 0.3 is 0 Å². The van der Waals surface area contributed by atoms with Crippen molar-refractivity contribution in [2.75, 3.05) is 5.88 Å². The van der Waals surface area contributed by atoms with E-state index < -0.39 is 0 Å². The highest BCUT2D eigenvalue weighted by molar-refractivity contribution is 6.27. The maximum absolute atomic E-state index is 10.6. The van der Waals surface area contributed by atoms with Gasteiger partial charge in [-0.2, -0.15) is 0 Å². The van der Waals surface area contributed by atoms with Crippen LogP contribution >= 0.6 is 11.6 Å². The van der Waals surface area contributed by atoms with E-state index in [9.17, 15) is 9.59 Å². The Morgan fingerprint density at radius 2 is 2.00 bits per heavy atom. The Hall–Kier alpha value is -0.830. The Labute approximate surface area is 70.4 Å². The fourth-order valence-corrected chi connectivity index (χ4v) is 0.661. The monoisotopic (exact) mass is 175 g/mol. The molecule has 0 aromatic rings. The molecule has 1 amide bonds. The van der Waals surface area contributed by atoms with E-state index in [1.54, 1.807) is 6.92 Å². The third kappa shape index (κ3) is 5.61. The molecule has 0 saturated heterocycles. The zero-order chi connectivity index (χ0) is 8.85. The van der Waals surface area contributed by atoms with Crippen molar-refractivity contribution in [1.82, 2.24) is 5.32 Å². The minimum atomic E-state index is -0.304. The van der Waals surface area contributed by atoms with Crippen LogP contribution in [0.2, 0.25) is 0 Å². The first-order chi connectivity index (χ1) is 5.06. The first kappa shape index (κ1) is 10.2. The number of hydrogen-bond acceptors (Lipinski definition) is 2. The van der Waals surface area contributed by atoms with Crippen molar-refractivity contribution >= 4 is 23.3 Å². The van der Waals surface area contributed by atoms with Crippen LogP contribution in [0.25, 0.3) is 0 Å². The van der Waals surface area contributed by atoms with Crippen LogP contribution in [-0.2, 0) is 9.59 Å². The largest absolute Gasteiger partial charge is 0.329 e. The van der Waals surface area contributed by atoms with Crippen LogP contribution in [0.1, 0.15) is 13.8 Å². The molecule has 0 fully saturated rings. The molecule has 0 atom stereocenters. The summed E-state index contributed by atoms with van der Waals surface area (Å²) in [7, 11) is 0. The summed E-state index contributed by atoms with van der Waals surface area (Å²) in [5, 5.41) is 2.43. The number of amides is 1. The lowest BCUT2D eigenvalue weighted by atomic mass is 10.3. The standard InChI is InChI=1S/C7H10ClNO2/c1-5(3-6(2)10)9-7(11)4-8/h3H,4H2,1-2H3,(H,9,11)/b5-3+. The minimum absolute atomic E-state index is 0.0942. The Kier molecular flexibility index (Phi) is 4.54. The average molecular weight is 176 g/mol. The van der Waals surface area contributed by atoms with Crippen LogP contribution in [0.15, 0.2) is 11.8 Å². The molecular formula is C7H10ClNO2. The second-order valence-electron chi connectivity index (χ2n) is 2.12. The molecular weight excluding hydrogens is 166 g/mol. The van der Waals surface area contributed by atoms with Crippen molar-refractivity contribution in [3.63, 3.8) is 0 Å². The second-order valence-corrected chi connectivity index (χ2v) is 2.39. The van der Waals surface area contributed by atoms with E-state index in [2.05, 4.69) is 5.32 Å². The molecule has 0 bridgehead atoms. The van der Waals surface area contributed by atoms with Crippen molar-refractivity contribution < 1.29 is 9.59 Å². The predicted molar refractivity (Wildman–Crippen MR) is 43.3 cm³/mol. The zero-order valence-corrected chi connectivity index (χ0v) is 7.23. The zero-order valence-electron chi connectivity index (χ0n) is 6.48. The van der Waals surface area contributed by atoms with Crippen molar-refractivity contribution in [2.24, 2.45) is 0 Å². The number of allylic oxidation sites excluding steroid dienone is 2.